The van der Waals surface area contributed by atoms with Crippen LogP contribution in [-0.4, -0.2) is 11.1 Å². The SMILES string of the molecule is O=C(O)C1(c2ccccc2)OC=C(c2ccccc2)C(c2ccccc2)=C1c1ccccc1. The van der Waals surface area contributed by atoms with Crippen molar-refractivity contribution >= 4 is 22.7 Å². The molecule has 1 aliphatic heterocycles. The number of carbonyl (C=O) groups is 1. The Balaban J connectivity index is 1.92. The molecule has 0 saturated carbocycles. The van der Waals surface area contributed by atoms with Gasteiger partial charge in [0.25, 0.3) is 5.60 Å². The number of aliphatic carboxylic acids is 1. The predicted octanol–water partition coefficient (Wildman–Crippen LogP) is 6.65. The van der Waals surface area contributed by atoms with Gasteiger partial charge in [-0.3, -0.25) is 0 Å². The van der Waals surface area contributed by atoms with Crippen LogP contribution in [0.3, 0.4) is 0 Å². The molecule has 0 aromatic heterocycles. The van der Waals surface area contributed by atoms with E-state index in [4.69, 9.17) is 4.74 Å². The first-order valence-electron chi connectivity index (χ1n) is 10.8. The minimum atomic E-state index is -1.70. The van der Waals surface area contributed by atoms with E-state index < -0.39 is 11.6 Å². The third kappa shape index (κ3) is 3.54. The van der Waals surface area contributed by atoms with E-state index in [0.717, 1.165) is 27.8 Å². The van der Waals surface area contributed by atoms with Gasteiger partial charge in [-0.1, -0.05) is 121 Å². The summed E-state index contributed by atoms with van der Waals surface area (Å²) >= 11 is 0. The fraction of sp³-hybridized carbons (Fsp3) is 0.0333. The minimum absolute atomic E-state index is 0.563. The van der Waals surface area contributed by atoms with E-state index in [-0.39, 0.29) is 0 Å². The van der Waals surface area contributed by atoms with Gasteiger partial charge in [0, 0.05) is 22.3 Å². The lowest BCUT2D eigenvalue weighted by atomic mass is 9.74. The Hall–Kier alpha value is -4.37. The highest BCUT2D eigenvalue weighted by Crippen LogP contribution is 2.51. The largest absolute Gasteiger partial charge is 0.478 e. The maximum atomic E-state index is 13.1. The number of hydrogen-bond donors (Lipinski definition) is 1. The summed E-state index contributed by atoms with van der Waals surface area (Å²) < 4.78 is 6.28. The number of ether oxygens (including phenoxy) is 1. The summed E-state index contributed by atoms with van der Waals surface area (Å²) in [4.78, 5) is 13.1. The van der Waals surface area contributed by atoms with Gasteiger partial charge in [0.1, 0.15) is 0 Å². The molecule has 3 nitrogen and oxygen atoms in total. The Bertz CT molecular complexity index is 1320. The number of benzene rings is 4. The molecule has 0 aliphatic carbocycles. The average Bonchev–Trinajstić information content (AvgIpc) is 2.89. The maximum Gasteiger partial charge on any atom is 0.357 e. The van der Waals surface area contributed by atoms with Crippen LogP contribution in [-0.2, 0) is 15.1 Å². The average molecular weight is 431 g/mol. The lowest BCUT2D eigenvalue weighted by Crippen LogP contribution is -2.41. The molecular weight excluding hydrogens is 408 g/mol. The number of rotatable bonds is 5. The quantitative estimate of drug-likeness (QED) is 0.386. The number of allylic oxidation sites excluding steroid dienone is 2. The van der Waals surface area contributed by atoms with E-state index >= 15 is 0 Å². The first-order chi connectivity index (χ1) is 16.2. The van der Waals surface area contributed by atoms with Gasteiger partial charge in [-0.15, -0.1) is 0 Å². The topological polar surface area (TPSA) is 46.5 Å². The summed E-state index contributed by atoms with van der Waals surface area (Å²) in [7, 11) is 0. The van der Waals surface area contributed by atoms with Crippen molar-refractivity contribution in [3.05, 3.63) is 150 Å². The van der Waals surface area contributed by atoms with E-state index in [1.807, 2.05) is 109 Å². The van der Waals surface area contributed by atoms with Crippen LogP contribution in [0.25, 0.3) is 16.7 Å². The fourth-order valence-corrected chi connectivity index (χ4v) is 4.43. The van der Waals surface area contributed by atoms with Crippen molar-refractivity contribution in [2.75, 3.05) is 0 Å². The zero-order valence-corrected chi connectivity index (χ0v) is 17.9. The van der Waals surface area contributed by atoms with Crippen molar-refractivity contribution in [2.45, 2.75) is 5.60 Å². The summed E-state index contributed by atoms with van der Waals surface area (Å²) in [6.07, 6.45) is 1.60. The van der Waals surface area contributed by atoms with Crippen molar-refractivity contribution < 1.29 is 14.6 Å². The molecule has 0 bridgehead atoms. The van der Waals surface area contributed by atoms with Crippen LogP contribution in [0, 0.1) is 0 Å². The van der Waals surface area contributed by atoms with Gasteiger partial charge < -0.3 is 9.84 Å². The van der Waals surface area contributed by atoms with E-state index in [9.17, 15) is 9.90 Å². The van der Waals surface area contributed by atoms with Gasteiger partial charge in [-0.25, -0.2) is 4.79 Å². The molecule has 1 aliphatic rings. The van der Waals surface area contributed by atoms with Crippen LogP contribution in [0.2, 0.25) is 0 Å². The molecule has 4 aromatic carbocycles. The maximum absolute atomic E-state index is 13.1. The lowest BCUT2D eigenvalue weighted by Gasteiger charge is -2.38. The highest BCUT2D eigenvalue weighted by Gasteiger charge is 2.50. The molecule has 1 heterocycles. The van der Waals surface area contributed by atoms with Crippen molar-refractivity contribution in [1.29, 1.82) is 0 Å². The second-order valence-electron chi connectivity index (χ2n) is 7.85. The van der Waals surface area contributed by atoms with Crippen LogP contribution >= 0.6 is 0 Å². The van der Waals surface area contributed by atoms with E-state index in [1.54, 1.807) is 18.4 Å². The first-order valence-corrected chi connectivity index (χ1v) is 10.8. The number of carboxylic acids is 1. The van der Waals surface area contributed by atoms with Crippen molar-refractivity contribution in [1.82, 2.24) is 0 Å². The highest BCUT2D eigenvalue weighted by atomic mass is 16.5. The summed E-state index contributed by atoms with van der Waals surface area (Å²) in [6.45, 7) is 0. The second-order valence-corrected chi connectivity index (χ2v) is 7.85. The summed E-state index contributed by atoms with van der Waals surface area (Å²) in [6, 6.07) is 38.6. The molecule has 0 radical (unpaired) electrons. The Labute approximate surface area is 192 Å². The standard InChI is InChI=1S/C30H22O3/c31-29(32)30(25-19-11-4-12-20-25)28(24-17-9-3-10-18-24)27(23-15-7-2-8-16-23)26(21-33-30)22-13-5-1-6-14-22/h1-21H,(H,31,32). The molecule has 0 amide bonds. The monoisotopic (exact) mass is 430 g/mol. The number of carboxylic acid groups (broad SMARTS) is 1. The van der Waals surface area contributed by atoms with Crippen molar-refractivity contribution in [3.8, 4) is 0 Å². The number of hydrogen-bond acceptors (Lipinski definition) is 2. The normalized spacial score (nSPS) is 17.8. The molecule has 160 valence electrons. The van der Waals surface area contributed by atoms with Gasteiger partial charge in [0.05, 0.1) is 6.26 Å². The van der Waals surface area contributed by atoms with Crippen molar-refractivity contribution in [2.24, 2.45) is 0 Å². The van der Waals surface area contributed by atoms with E-state index in [0.29, 0.717) is 11.1 Å². The Morgan fingerprint density at radius 1 is 0.606 bits per heavy atom. The zero-order valence-electron chi connectivity index (χ0n) is 17.9. The van der Waals surface area contributed by atoms with Crippen LogP contribution < -0.4 is 0 Å². The molecule has 33 heavy (non-hydrogen) atoms. The van der Waals surface area contributed by atoms with E-state index in [1.165, 1.54) is 0 Å². The van der Waals surface area contributed by atoms with Gasteiger partial charge in [-0.05, 0) is 16.7 Å². The summed E-state index contributed by atoms with van der Waals surface area (Å²) in [5, 5.41) is 10.7. The second kappa shape index (κ2) is 8.64. The van der Waals surface area contributed by atoms with Gasteiger partial charge in [0.2, 0.25) is 0 Å². The molecule has 0 spiro atoms. The van der Waals surface area contributed by atoms with Gasteiger partial charge in [-0.2, -0.15) is 0 Å². The third-order valence-electron chi connectivity index (χ3n) is 5.92. The van der Waals surface area contributed by atoms with E-state index in [2.05, 4.69) is 0 Å². The molecule has 4 aromatic rings. The summed E-state index contributed by atoms with van der Waals surface area (Å²) in [5.41, 5.74) is 3.82. The highest BCUT2D eigenvalue weighted by molar-refractivity contribution is 6.20. The fourth-order valence-electron chi connectivity index (χ4n) is 4.43. The molecule has 0 saturated heterocycles. The predicted molar refractivity (Wildman–Crippen MR) is 131 cm³/mol. The van der Waals surface area contributed by atoms with Crippen LogP contribution in [0.15, 0.2) is 128 Å². The molecular formula is C30H22O3. The zero-order chi connectivity index (χ0) is 22.7. The summed E-state index contributed by atoms with van der Waals surface area (Å²) in [5.74, 6) is -1.07. The smallest absolute Gasteiger partial charge is 0.357 e. The minimum Gasteiger partial charge on any atom is -0.478 e. The third-order valence-corrected chi connectivity index (χ3v) is 5.92. The molecule has 1 N–H and O–H groups in total. The molecule has 3 heteroatoms. The Kier molecular flexibility index (Phi) is 5.37. The molecule has 5 rings (SSSR count). The van der Waals surface area contributed by atoms with Crippen molar-refractivity contribution in [3.63, 3.8) is 0 Å². The Morgan fingerprint density at radius 3 is 1.58 bits per heavy atom. The van der Waals surface area contributed by atoms with Gasteiger partial charge >= 0.3 is 5.97 Å². The van der Waals surface area contributed by atoms with Gasteiger partial charge in [0.15, 0.2) is 0 Å². The Morgan fingerprint density at radius 2 is 1.06 bits per heavy atom. The van der Waals surface area contributed by atoms with Crippen LogP contribution in [0.4, 0.5) is 0 Å². The first kappa shape index (κ1) is 20.5. The lowest BCUT2D eigenvalue weighted by molar-refractivity contribution is -0.153. The molecule has 0 fully saturated rings. The van der Waals surface area contributed by atoms with Crippen LogP contribution in [0.1, 0.15) is 22.3 Å². The van der Waals surface area contributed by atoms with Crippen LogP contribution in [0.5, 0.6) is 0 Å². The molecule has 1 unspecified atom stereocenters. The molecule has 1 atom stereocenters.